The molecular weight excluding hydrogens is 312 g/mol. The van der Waals surface area contributed by atoms with Crippen LogP contribution in [0.15, 0.2) is 36.7 Å². The Hall–Kier alpha value is -2.43. The largest absolute Gasteiger partial charge is 0.372 e. The van der Waals surface area contributed by atoms with E-state index in [2.05, 4.69) is 28.3 Å². The number of rotatable bonds is 5. The van der Waals surface area contributed by atoms with Crippen molar-refractivity contribution in [2.75, 3.05) is 25.5 Å². The summed E-state index contributed by atoms with van der Waals surface area (Å²) < 4.78 is 0. The summed E-state index contributed by atoms with van der Waals surface area (Å²) in [5.41, 5.74) is 3.30. The second kappa shape index (κ2) is 8.10. The average molecular weight is 338 g/mol. The second-order valence-electron chi connectivity index (χ2n) is 6.76. The van der Waals surface area contributed by atoms with Crippen LogP contribution in [0.3, 0.4) is 0 Å². The van der Waals surface area contributed by atoms with Crippen molar-refractivity contribution < 1.29 is 4.79 Å². The van der Waals surface area contributed by atoms with Crippen LogP contribution < -0.4 is 5.32 Å². The first-order valence-corrected chi connectivity index (χ1v) is 8.97. The maximum atomic E-state index is 12.7. The van der Waals surface area contributed by atoms with Gasteiger partial charge in [0.1, 0.15) is 5.82 Å². The summed E-state index contributed by atoms with van der Waals surface area (Å²) in [7, 11) is 1.87. The maximum Gasteiger partial charge on any atom is 0.227 e. The number of likely N-dealkylation sites (tertiary alicyclic amines) is 1. The van der Waals surface area contributed by atoms with Gasteiger partial charge in [-0.2, -0.15) is 0 Å². The van der Waals surface area contributed by atoms with E-state index in [0.29, 0.717) is 12.3 Å². The monoisotopic (exact) mass is 338 g/mol. The number of nitrogens with zero attached hydrogens (tertiary/aromatic N) is 3. The smallest absolute Gasteiger partial charge is 0.227 e. The zero-order valence-corrected chi connectivity index (χ0v) is 15.0. The van der Waals surface area contributed by atoms with E-state index in [4.69, 9.17) is 0 Å². The van der Waals surface area contributed by atoms with Crippen molar-refractivity contribution in [2.45, 2.75) is 32.6 Å². The van der Waals surface area contributed by atoms with Gasteiger partial charge in [-0.1, -0.05) is 24.3 Å². The van der Waals surface area contributed by atoms with Crippen molar-refractivity contribution in [2.24, 2.45) is 5.92 Å². The fraction of sp³-hybridized carbons (Fsp3) is 0.450. The number of benzene rings is 1. The van der Waals surface area contributed by atoms with Gasteiger partial charge in [-0.15, -0.1) is 0 Å². The van der Waals surface area contributed by atoms with Crippen LogP contribution in [0.4, 0.5) is 5.82 Å². The number of amides is 1. The molecule has 5 heteroatoms. The zero-order valence-electron chi connectivity index (χ0n) is 15.0. The average Bonchev–Trinajstić information content (AvgIpc) is 2.64. The third-order valence-corrected chi connectivity index (χ3v) is 4.97. The Kier molecular flexibility index (Phi) is 5.64. The Morgan fingerprint density at radius 3 is 2.88 bits per heavy atom. The molecular formula is C20H26N4O. The highest BCUT2D eigenvalue weighted by Crippen LogP contribution is 2.23. The van der Waals surface area contributed by atoms with Crippen LogP contribution in [-0.2, 0) is 17.6 Å². The SMILES string of the molecule is CNc1nccnc1CC1CCCN(C(=O)Cc2ccccc2C)C1. The highest BCUT2D eigenvalue weighted by Gasteiger charge is 2.25. The molecule has 1 aromatic heterocycles. The lowest BCUT2D eigenvalue weighted by Gasteiger charge is -2.33. The first-order valence-electron chi connectivity index (χ1n) is 8.97. The fourth-order valence-electron chi connectivity index (χ4n) is 3.54. The number of carbonyl (C=O) groups excluding carboxylic acids is 1. The third kappa shape index (κ3) is 4.35. The summed E-state index contributed by atoms with van der Waals surface area (Å²) in [6, 6.07) is 8.13. The summed E-state index contributed by atoms with van der Waals surface area (Å²) in [4.78, 5) is 23.5. The molecule has 1 N–H and O–H groups in total. The van der Waals surface area contributed by atoms with Crippen LogP contribution >= 0.6 is 0 Å². The third-order valence-electron chi connectivity index (χ3n) is 4.97. The molecule has 1 amide bonds. The van der Waals surface area contributed by atoms with E-state index in [9.17, 15) is 4.79 Å². The Bertz CT molecular complexity index is 731. The van der Waals surface area contributed by atoms with Crippen molar-refractivity contribution in [3.63, 3.8) is 0 Å². The first-order chi connectivity index (χ1) is 12.2. The van der Waals surface area contributed by atoms with Crippen molar-refractivity contribution in [3.05, 3.63) is 53.5 Å². The van der Waals surface area contributed by atoms with E-state index < -0.39 is 0 Å². The maximum absolute atomic E-state index is 12.7. The van der Waals surface area contributed by atoms with Gasteiger partial charge in [-0.25, -0.2) is 4.98 Å². The molecule has 5 nitrogen and oxygen atoms in total. The van der Waals surface area contributed by atoms with Crippen LogP contribution in [0.5, 0.6) is 0 Å². The molecule has 1 unspecified atom stereocenters. The molecule has 1 saturated heterocycles. The van der Waals surface area contributed by atoms with Gasteiger partial charge in [-0.05, 0) is 43.2 Å². The number of aromatic nitrogens is 2. The zero-order chi connectivity index (χ0) is 17.6. The number of hydrogen-bond acceptors (Lipinski definition) is 4. The number of aryl methyl sites for hydroxylation is 1. The van der Waals surface area contributed by atoms with Gasteiger partial charge < -0.3 is 10.2 Å². The molecule has 2 heterocycles. The van der Waals surface area contributed by atoms with E-state index in [-0.39, 0.29) is 5.91 Å². The molecule has 1 fully saturated rings. The summed E-state index contributed by atoms with van der Waals surface area (Å²) in [5, 5.41) is 3.10. The molecule has 1 aliphatic heterocycles. The molecule has 0 aliphatic carbocycles. The van der Waals surface area contributed by atoms with E-state index >= 15 is 0 Å². The van der Waals surface area contributed by atoms with Gasteiger partial charge in [0, 0.05) is 32.5 Å². The molecule has 1 aliphatic rings. The lowest BCUT2D eigenvalue weighted by molar-refractivity contribution is -0.132. The van der Waals surface area contributed by atoms with Crippen LogP contribution in [0.25, 0.3) is 0 Å². The van der Waals surface area contributed by atoms with Crippen molar-refractivity contribution >= 4 is 11.7 Å². The highest BCUT2D eigenvalue weighted by atomic mass is 16.2. The molecule has 2 aromatic rings. The molecule has 0 saturated carbocycles. The lowest BCUT2D eigenvalue weighted by Crippen LogP contribution is -2.41. The van der Waals surface area contributed by atoms with Crippen LogP contribution in [-0.4, -0.2) is 40.9 Å². The number of anilines is 1. The van der Waals surface area contributed by atoms with Gasteiger partial charge in [0.05, 0.1) is 12.1 Å². The van der Waals surface area contributed by atoms with Gasteiger partial charge in [0.25, 0.3) is 0 Å². The van der Waals surface area contributed by atoms with Crippen molar-refractivity contribution in [3.8, 4) is 0 Å². The minimum Gasteiger partial charge on any atom is -0.372 e. The highest BCUT2D eigenvalue weighted by molar-refractivity contribution is 5.79. The van der Waals surface area contributed by atoms with Crippen LogP contribution in [0.2, 0.25) is 0 Å². The second-order valence-corrected chi connectivity index (χ2v) is 6.76. The Morgan fingerprint density at radius 1 is 1.28 bits per heavy atom. The van der Waals surface area contributed by atoms with Crippen LogP contribution in [0, 0.1) is 12.8 Å². The van der Waals surface area contributed by atoms with E-state index in [1.165, 1.54) is 5.56 Å². The molecule has 132 valence electrons. The minimum atomic E-state index is 0.229. The van der Waals surface area contributed by atoms with Crippen LogP contribution in [0.1, 0.15) is 29.7 Å². The predicted octanol–water partition coefficient (Wildman–Crippen LogP) is 2.85. The van der Waals surface area contributed by atoms with Crippen molar-refractivity contribution in [1.29, 1.82) is 0 Å². The predicted molar refractivity (Wildman–Crippen MR) is 99.5 cm³/mol. The van der Waals surface area contributed by atoms with E-state index in [1.54, 1.807) is 12.4 Å². The number of piperidine rings is 1. The number of hydrogen-bond donors (Lipinski definition) is 1. The Balaban J connectivity index is 1.63. The summed E-state index contributed by atoms with van der Waals surface area (Å²) >= 11 is 0. The Labute approximate surface area is 149 Å². The molecule has 3 rings (SSSR count). The minimum absolute atomic E-state index is 0.229. The van der Waals surface area contributed by atoms with E-state index in [0.717, 1.165) is 49.4 Å². The van der Waals surface area contributed by atoms with Gasteiger partial charge in [0.2, 0.25) is 5.91 Å². The molecule has 25 heavy (non-hydrogen) atoms. The Morgan fingerprint density at radius 2 is 2.08 bits per heavy atom. The molecule has 0 radical (unpaired) electrons. The molecule has 0 spiro atoms. The number of carbonyl (C=O) groups is 1. The lowest BCUT2D eigenvalue weighted by atomic mass is 9.92. The molecule has 0 bridgehead atoms. The van der Waals surface area contributed by atoms with Gasteiger partial charge >= 0.3 is 0 Å². The standard InChI is InChI=1S/C20H26N4O/c1-15-6-3-4-8-17(15)13-19(25)24-11-5-7-16(14-24)12-18-20(21-2)23-10-9-22-18/h3-4,6,8-10,16H,5,7,11-14H2,1-2H3,(H,21,23). The molecule has 1 aromatic carbocycles. The fourth-order valence-corrected chi connectivity index (χ4v) is 3.54. The normalized spacial score (nSPS) is 17.4. The first kappa shape index (κ1) is 17.4. The topological polar surface area (TPSA) is 58.1 Å². The van der Waals surface area contributed by atoms with Gasteiger partial charge in [-0.3, -0.25) is 9.78 Å². The summed E-state index contributed by atoms with van der Waals surface area (Å²) in [6.45, 7) is 3.74. The number of nitrogens with one attached hydrogen (secondary N) is 1. The van der Waals surface area contributed by atoms with Crippen molar-refractivity contribution in [1.82, 2.24) is 14.9 Å². The quantitative estimate of drug-likeness (QED) is 0.911. The summed E-state index contributed by atoms with van der Waals surface area (Å²) in [5.74, 6) is 1.51. The van der Waals surface area contributed by atoms with Gasteiger partial charge in [0.15, 0.2) is 0 Å². The molecule has 1 atom stereocenters. The summed E-state index contributed by atoms with van der Waals surface area (Å²) in [6.07, 6.45) is 6.98. The van der Waals surface area contributed by atoms with E-state index in [1.807, 2.05) is 30.1 Å².